The van der Waals surface area contributed by atoms with Crippen molar-refractivity contribution in [3.05, 3.63) is 16.9 Å². The molecule has 0 saturated heterocycles. The molecule has 0 aliphatic rings. The average Bonchev–Trinajstić information content (AvgIpc) is 2.77. The number of hydrogen-bond acceptors (Lipinski definition) is 4. The third-order valence-corrected chi connectivity index (χ3v) is 3.29. The SMILES string of the molecule is CCCNC(COC(C)(C)C)c1c(Cl)cnn1CCOC. The summed E-state index contributed by atoms with van der Waals surface area (Å²) in [5, 5.41) is 8.49. The summed E-state index contributed by atoms with van der Waals surface area (Å²) < 4.78 is 13.0. The highest BCUT2D eigenvalue weighted by atomic mass is 35.5. The molecule has 0 aromatic carbocycles. The second-order valence-corrected chi connectivity index (χ2v) is 6.43. The molecule has 1 N–H and O–H groups in total. The Labute approximate surface area is 132 Å². The fourth-order valence-electron chi connectivity index (χ4n) is 1.96. The highest BCUT2D eigenvalue weighted by Gasteiger charge is 2.22. The topological polar surface area (TPSA) is 48.3 Å². The van der Waals surface area contributed by atoms with Crippen LogP contribution in [0.25, 0.3) is 0 Å². The van der Waals surface area contributed by atoms with Gasteiger partial charge in [0, 0.05) is 7.11 Å². The quantitative estimate of drug-likeness (QED) is 0.760. The molecule has 0 amide bonds. The molecule has 6 heteroatoms. The van der Waals surface area contributed by atoms with E-state index in [1.165, 1.54) is 0 Å². The summed E-state index contributed by atoms with van der Waals surface area (Å²) in [6.45, 7) is 11.0. The molecule has 0 saturated carbocycles. The lowest BCUT2D eigenvalue weighted by molar-refractivity contribution is -0.0159. The minimum absolute atomic E-state index is 0.0241. The fourth-order valence-corrected chi connectivity index (χ4v) is 2.23. The first-order chi connectivity index (χ1) is 9.89. The van der Waals surface area contributed by atoms with E-state index < -0.39 is 0 Å². The summed E-state index contributed by atoms with van der Waals surface area (Å²) in [7, 11) is 1.68. The van der Waals surface area contributed by atoms with Crippen molar-refractivity contribution in [1.29, 1.82) is 0 Å². The van der Waals surface area contributed by atoms with Gasteiger partial charge < -0.3 is 14.8 Å². The zero-order chi connectivity index (χ0) is 15.9. The lowest BCUT2D eigenvalue weighted by Crippen LogP contribution is -2.32. The van der Waals surface area contributed by atoms with Crippen LogP contribution in [0.2, 0.25) is 5.02 Å². The Balaban J connectivity index is 2.87. The van der Waals surface area contributed by atoms with E-state index in [0.717, 1.165) is 18.7 Å². The molecule has 1 aromatic rings. The van der Waals surface area contributed by atoms with Crippen LogP contribution < -0.4 is 5.32 Å². The second-order valence-electron chi connectivity index (χ2n) is 6.02. The van der Waals surface area contributed by atoms with Gasteiger partial charge in [0.25, 0.3) is 0 Å². The van der Waals surface area contributed by atoms with E-state index >= 15 is 0 Å². The monoisotopic (exact) mass is 317 g/mol. The molecule has 122 valence electrons. The van der Waals surface area contributed by atoms with Crippen LogP contribution in [0.5, 0.6) is 0 Å². The average molecular weight is 318 g/mol. The van der Waals surface area contributed by atoms with E-state index in [9.17, 15) is 0 Å². The Morgan fingerprint density at radius 1 is 1.43 bits per heavy atom. The van der Waals surface area contributed by atoms with E-state index in [1.54, 1.807) is 13.3 Å². The Hall–Kier alpha value is -0.620. The van der Waals surface area contributed by atoms with Crippen LogP contribution in [0.4, 0.5) is 0 Å². The van der Waals surface area contributed by atoms with Crippen LogP contribution >= 0.6 is 11.6 Å². The zero-order valence-electron chi connectivity index (χ0n) is 13.8. The molecular formula is C15H28ClN3O2. The number of methoxy groups -OCH3 is 1. The predicted molar refractivity (Wildman–Crippen MR) is 85.9 cm³/mol. The summed E-state index contributed by atoms with van der Waals surface area (Å²) in [5.41, 5.74) is 0.780. The number of nitrogens with one attached hydrogen (secondary N) is 1. The van der Waals surface area contributed by atoms with Gasteiger partial charge in [0.1, 0.15) is 0 Å². The van der Waals surface area contributed by atoms with Gasteiger partial charge in [0.2, 0.25) is 0 Å². The van der Waals surface area contributed by atoms with Crippen molar-refractivity contribution >= 4 is 11.6 Å². The van der Waals surface area contributed by atoms with Gasteiger partial charge in [0.05, 0.1) is 48.3 Å². The van der Waals surface area contributed by atoms with E-state index in [1.807, 2.05) is 25.5 Å². The van der Waals surface area contributed by atoms with Crippen LogP contribution in [0.3, 0.4) is 0 Å². The van der Waals surface area contributed by atoms with Gasteiger partial charge in [-0.15, -0.1) is 0 Å². The highest BCUT2D eigenvalue weighted by molar-refractivity contribution is 6.31. The van der Waals surface area contributed by atoms with Gasteiger partial charge in [-0.3, -0.25) is 4.68 Å². The minimum atomic E-state index is -0.185. The molecule has 0 fully saturated rings. The Bertz CT molecular complexity index is 416. The molecule has 0 aliphatic heterocycles. The van der Waals surface area contributed by atoms with Crippen LogP contribution in [-0.2, 0) is 16.0 Å². The lowest BCUT2D eigenvalue weighted by Gasteiger charge is -2.26. The maximum Gasteiger partial charge on any atom is 0.0835 e. The van der Waals surface area contributed by atoms with Crippen molar-refractivity contribution < 1.29 is 9.47 Å². The largest absolute Gasteiger partial charge is 0.383 e. The standard InChI is InChI=1S/C15H28ClN3O2/c1-6-7-17-13(11-21-15(2,3)4)14-12(16)10-18-19(14)8-9-20-5/h10,13,17H,6-9,11H2,1-5H3. The van der Waals surface area contributed by atoms with E-state index in [-0.39, 0.29) is 11.6 Å². The van der Waals surface area contributed by atoms with Gasteiger partial charge in [0.15, 0.2) is 0 Å². The van der Waals surface area contributed by atoms with Crippen molar-refractivity contribution in [1.82, 2.24) is 15.1 Å². The summed E-state index contributed by atoms with van der Waals surface area (Å²) in [6, 6.07) is 0.0241. The smallest absolute Gasteiger partial charge is 0.0835 e. The molecule has 0 spiro atoms. The summed E-state index contributed by atoms with van der Waals surface area (Å²) >= 11 is 6.33. The summed E-state index contributed by atoms with van der Waals surface area (Å²) in [4.78, 5) is 0. The van der Waals surface area contributed by atoms with Gasteiger partial charge in [-0.05, 0) is 33.7 Å². The Kier molecular flexibility index (Phi) is 7.66. The van der Waals surface area contributed by atoms with Crippen LogP contribution in [-0.4, -0.2) is 42.2 Å². The zero-order valence-corrected chi connectivity index (χ0v) is 14.5. The molecule has 1 aromatic heterocycles. The number of nitrogens with zero attached hydrogens (tertiary/aromatic N) is 2. The van der Waals surface area contributed by atoms with Crippen molar-refractivity contribution in [2.24, 2.45) is 0 Å². The van der Waals surface area contributed by atoms with Gasteiger partial charge >= 0.3 is 0 Å². The van der Waals surface area contributed by atoms with Gasteiger partial charge in [-0.2, -0.15) is 5.10 Å². The normalized spacial score (nSPS) is 13.6. The number of ether oxygens (including phenoxy) is 2. The van der Waals surface area contributed by atoms with E-state index in [4.69, 9.17) is 21.1 Å². The minimum Gasteiger partial charge on any atom is -0.383 e. The van der Waals surface area contributed by atoms with E-state index in [2.05, 4.69) is 17.3 Å². The highest BCUT2D eigenvalue weighted by Crippen LogP contribution is 2.24. The number of aromatic nitrogens is 2. The van der Waals surface area contributed by atoms with Crippen molar-refractivity contribution in [3.63, 3.8) is 0 Å². The number of hydrogen-bond donors (Lipinski definition) is 1. The van der Waals surface area contributed by atoms with E-state index in [0.29, 0.717) is 24.8 Å². The first kappa shape index (κ1) is 18.4. The van der Waals surface area contributed by atoms with Crippen LogP contribution in [0, 0.1) is 0 Å². The summed E-state index contributed by atoms with van der Waals surface area (Å²) in [6.07, 6.45) is 2.74. The molecule has 1 heterocycles. The molecule has 0 aliphatic carbocycles. The maximum absolute atomic E-state index is 6.33. The molecule has 1 atom stereocenters. The fraction of sp³-hybridized carbons (Fsp3) is 0.800. The molecule has 0 bridgehead atoms. The lowest BCUT2D eigenvalue weighted by atomic mass is 10.1. The Morgan fingerprint density at radius 2 is 2.14 bits per heavy atom. The first-order valence-electron chi connectivity index (χ1n) is 7.46. The third-order valence-electron chi connectivity index (χ3n) is 2.99. The van der Waals surface area contributed by atoms with Gasteiger partial charge in [-0.1, -0.05) is 18.5 Å². The van der Waals surface area contributed by atoms with Crippen LogP contribution in [0.1, 0.15) is 45.9 Å². The second kappa shape index (κ2) is 8.73. The molecule has 21 heavy (non-hydrogen) atoms. The number of rotatable bonds is 9. The van der Waals surface area contributed by atoms with Crippen LogP contribution in [0.15, 0.2) is 6.20 Å². The molecule has 0 radical (unpaired) electrons. The van der Waals surface area contributed by atoms with Crippen molar-refractivity contribution in [2.75, 3.05) is 26.9 Å². The predicted octanol–water partition coefficient (Wildman–Crippen LogP) is 3.04. The first-order valence-corrected chi connectivity index (χ1v) is 7.84. The molecule has 5 nitrogen and oxygen atoms in total. The van der Waals surface area contributed by atoms with Gasteiger partial charge in [-0.25, -0.2) is 0 Å². The van der Waals surface area contributed by atoms with Crippen molar-refractivity contribution in [2.45, 2.75) is 52.3 Å². The Morgan fingerprint density at radius 3 is 2.71 bits per heavy atom. The molecule has 1 unspecified atom stereocenters. The maximum atomic E-state index is 6.33. The van der Waals surface area contributed by atoms with Crippen molar-refractivity contribution in [3.8, 4) is 0 Å². The molecule has 1 rings (SSSR count). The number of halogens is 1. The summed E-state index contributed by atoms with van der Waals surface area (Å²) in [5.74, 6) is 0. The molecular weight excluding hydrogens is 290 g/mol. The third kappa shape index (κ3) is 6.34.